The van der Waals surface area contributed by atoms with Gasteiger partial charge in [0.2, 0.25) is 0 Å². The van der Waals surface area contributed by atoms with Crippen molar-refractivity contribution in [2.75, 3.05) is 13.2 Å². The molecule has 0 unspecified atom stereocenters. The van der Waals surface area contributed by atoms with E-state index in [4.69, 9.17) is 31.2 Å². The highest BCUT2D eigenvalue weighted by atomic mass is 32.1. The van der Waals surface area contributed by atoms with E-state index < -0.39 is 42.4 Å². The number of esters is 1. The average Bonchev–Trinajstić information content (AvgIpc) is 3.11. The Hall–Kier alpha value is -1.00. The summed E-state index contributed by atoms with van der Waals surface area (Å²) in [7, 11) is 0. The second-order valence-electron chi connectivity index (χ2n) is 8.10. The largest absolute Gasteiger partial charge is 0.457 e. The Kier molecular flexibility index (Phi) is 9.55. The lowest BCUT2D eigenvalue weighted by Gasteiger charge is -2.30. The quantitative estimate of drug-likeness (QED) is 0.257. The van der Waals surface area contributed by atoms with Crippen LogP contribution in [0.4, 0.5) is 0 Å². The maximum absolute atomic E-state index is 11.6. The molecule has 0 aromatic heterocycles. The van der Waals surface area contributed by atoms with Gasteiger partial charge in [0, 0.05) is 13.5 Å². The number of hydrogen-bond donors (Lipinski definition) is 3. The number of rotatable bonds is 11. The van der Waals surface area contributed by atoms with Crippen LogP contribution in [0.5, 0.6) is 0 Å². The van der Waals surface area contributed by atoms with Gasteiger partial charge in [-0.3, -0.25) is 4.79 Å². The van der Waals surface area contributed by atoms with E-state index in [-0.39, 0.29) is 6.61 Å². The second kappa shape index (κ2) is 11.4. The minimum atomic E-state index is -0.825. The van der Waals surface area contributed by atoms with Crippen LogP contribution in [-0.4, -0.2) is 65.8 Å². The van der Waals surface area contributed by atoms with Crippen molar-refractivity contribution in [3.8, 4) is 0 Å². The highest BCUT2D eigenvalue weighted by molar-refractivity contribution is 7.80. The van der Waals surface area contributed by atoms with Gasteiger partial charge < -0.3 is 34.7 Å². The fourth-order valence-corrected chi connectivity index (χ4v) is 3.97. The van der Waals surface area contributed by atoms with Crippen molar-refractivity contribution in [1.82, 2.24) is 10.6 Å². The summed E-state index contributed by atoms with van der Waals surface area (Å²) in [6.07, 6.45) is 4.64. The SMILES string of the molecule is CCCCCCCCNC(=S)N[C@H](CO)[C@@H]1O[C@@H]2OC(C)(C)O[C@@H]2[C@H]1OC(C)=O. The second-order valence-corrected chi connectivity index (χ2v) is 8.51. The Balaban J connectivity index is 1.84. The molecule has 0 spiro atoms. The Morgan fingerprint density at radius 1 is 1.21 bits per heavy atom. The molecule has 2 aliphatic heterocycles. The van der Waals surface area contributed by atoms with E-state index in [0.717, 1.165) is 19.4 Å². The van der Waals surface area contributed by atoms with Crippen molar-refractivity contribution in [3.63, 3.8) is 0 Å². The standard InChI is InChI=1S/C20H36N2O6S/c1-5-6-7-8-9-10-11-21-19(29)22-14(12-23)15-16(25-13(2)24)17-18(26-15)28-20(3,4)27-17/h14-18,23H,5-12H2,1-4H3,(H2,21,22,29)/t14-,15+,16+,17-,18-/m1/s1. The number of fused-ring (bicyclic) bond motifs is 1. The number of thiocarbonyl (C=S) groups is 1. The third-order valence-electron chi connectivity index (χ3n) is 5.05. The van der Waals surface area contributed by atoms with E-state index in [2.05, 4.69) is 17.6 Å². The zero-order valence-corrected chi connectivity index (χ0v) is 18.8. The zero-order chi connectivity index (χ0) is 21.4. The van der Waals surface area contributed by atoms with Crippen molar-refractivity contribution in [2.24, 2.45) is 0 Å². The maximum atomic E-state index is 11.6. The molecule has 0 radical (unpaired) electrons. The number of aliphatic hydroxyl groups excluding tert-OH is 1. The molecule has 0 aliphatic carbocycles. The van der Waals surface area contributed by atoms with Crippen LogP contribution < -0.4 is 10.6 Å². The van der Waals surface area contributed by atoms with Crippen LogP contribution >= 0.6 is 12.2 Å². The van der Waals surface area contributed by atoms with Gasteiger partial charge in [0.05, 0.1) is 12.6 Å². The molecular formula is C20H36N2O6S. The normalized spacial score (nSPS) is 28.6. The molecular weight excluding hydrogens is 396 g/mol. The van der Waals surface area contributed by atoms with Crippen LogP contribution in [-0.2, 0) is 23.7 Å². The molecule has 2 fully saturated rings. The maximum Gasteiger partial charge on any atom is 0.303 e. The Bertz CT molecular complexity index is 547. The molecule has 168 valence electrons. The predicted molar refractivity (Wildman–Crippen MR) is 112 cm³/mol. The van der Waals surface area contributed by atoms with Crippen molar-refractivity contribution in [1.29, 1.82) is 0 Å². The first-order chi connectivity index (χ1) is 13.8. The molecule has 0 aromatic rings. The molecule has 0 amide bonds. The predicted octanol–water partition coefficient (Wildman–Crippen LogP) is 1.98. The summed E-state index contributed by atoms with van der Waals surface area (Å²) in [6.45, 7) is 7.61. The third-order valence-corrected chi connectivity index (χ3v) is 5.32. The first kappa shape index (κ1) is 24.3. The minimum Gasteiger partial charge on any atom is -0.457 e. The molecule has 9 heteroatoms. The van der Waals surface area contributed by atoms with Gasteiger partial charge in [0.1, 0.15) is 6.10 Å². The molecule has 2 rings (SSSR count). The van der Waals surface area contributed by atoms with Gasteiger partial charge in [0.15, 0.2) is 29.4 Å². The lowest BCUT2D eigenvalue weighted by molar-refractivity contribution is -0.222. The number of unbranched alkanes of at least 4 members (excludes halogenated alkanes) is 5. The van der Waals surface area contributed by atoms with Crippen LogP contribution in [0.2, 0.25) is 0 Å². The Morgan fingerprint density at radius 2 is 1.90 bits per heavy atom. The van der Waals surface area contributed by atoms with E-state index in [9.17, 15) is 9.90 Å². The third kappa shape index (κ3) is 7.32. The van der Waals surface area contributed by atoms with Gasteiger partial charge in [-0.15, -0.1) is 0 Å². The lowest BCUT2D eigenvalue weighted by atomic mass is 10.0. The molecule has 8 nitrogen and oxygen atoms in total. The van der Waals surface area contributed by atoms with E-state index in [1.54, 1.807) is 13.8 Å². The van der Waals surface area contributed by atoms with Crippen LogP contribution in [0.15, 0.2) is 0 Å². The first-order valence-corrected chi connectivity index (χ1v) is 11.0. The van der Waals surface area contributed by atoms with Gasteiger partial charge in [-0.1, -0.05) is 39.0 Å². The molecule has 0 saturated carbocycles. The van der Waals surface area contributed by atoms with E-state index in [1.165, 1.54) is 32.6 Å². The van der Waals surface area contributed by atoms with Crippen molar-refractivity contribution < 1.29 is 28.8 Å². The summed E-state index contributed by atoms with van der Waals surface area (Å²) in [6, 6.07) is -0.565. The first-order valence-electron chi connectivity index (χ1n) is 10.6. The van der Waals surface area contributed by atoms with Crippen LogP contribution in [0, 0.1) is 0 Å². The summed E-state index contributed by atoms with van der Waals surface area (Å²) in [5, 5.41) is 16.6. The summed E-state index contributed by atoms with van der Waals surface area (Å²) in [5.74, 6) is -1.27. The van der Waals surface area contributed by atoms with E-state index >= 15 is 0 Å². The molecule has 0 bridgehead atoms. The number of nitrogens with one attached hydrogen (secondary N) is 2. The topological polar surface area (TPSA) is 98.3 Å². The van der Waals surface area contributed by atoms with Gasteiger partial charge in [-0.05, 0) is 32.5 Å². The summed E-state index contributed by atoms with van der Waals surface area (Å²) in [5.41, 5.74) is 0. The number of carbonyl (C=O) groups is 1. The lowest BCUT2D eigenvalue weighted by Crippen LogP contribution is -2.54. The summed E-state index contributed by atoms with van der Waals surface area (Å²) >= 11 is 5.36. The molecule has 2 heterocycles. The van der Waals surface area contributed by atoms with Gasteiger partial charge >= 0.3 is 5.97 Å². The number of carbonyl (C=O) groups excluding carboxylic acids is 1. The molecule has 3 N–H and O–H groups in total. The average molecular weight is 433 g/mol. The number of ether oxygens (including phenoxy) is 4. The number of aliphatic hydroxyl groups is 1. The highest BCUT2D eigenvalue weighted by Crippen LogP contribution is 2.39. The van der Waals surface area contributed by atoms with Crippen LogP contribution in [0.3, 0.4) is 0 Å². The van der Waals surface area contributed by atoms with Crippen molar-refractivity contribution in [3.05, 3.63) is 0 Å². The Labute approximate surface area is 179 Å². The van der Waals surface area contributed by atoms with Crippen LogP contribution in [0.25, 0.3) is 0 Å². The Morgan fingerprint density at radius 3 is 2.55 bits per heavy atom. The zero-order valence-electron chi connectivity index (χ0n) is 17.9. The fraction of sp³-hybridized carbons (Fsp3) is 0.900. The number of hydrogen-bond acceptors (Lipinski definition) is 7. The molecule has 2 aliphatic rings. The molecule has 2 saturated heterocycles. The minimum absolute atomic E-state index is 0.246. The smallest absolute Gasteiger partial charge is 0.303 e. The fourth-order valence-electron chi connectivity index (χ4n) is 3.71. The van der Waals surface area contributed by atoms with Crippen LogP contribution in [0.1, 0.15) is 66.2 Å². The molecule has 5 atom stereocenters. The van der Waals surface area contributed by atoms with Gasteiger partial charge in [-0.25, -0.2) is 0 Å². The highest BCUT2D eigenvalue weighted by Gasteiger charge is 2.58. The van der Waals surface area contributed by atoms with E-state index in [1.807, 2.05) is 0 Å². The summed E-state index contributed by atoms with van der Waals surface area (Å²) < 4.78 is 23.0. The summed E-state index contributed by atoms with van der Waals surface area (Å²) in [4.78, 5) is 11.6. The van der Waals surface area contributed by atoms with Crippen molar-refractivity contribution in [2.45, 2.75) is 103 Å². The van der Waals surface area contributed by atoms with Crippen molar-refractivity contribution >= 4 is 23.3 Å². The van der Waals surface area contributed by atoms with Gasteiger partial charge in [-0.2, -0.15) is 0 Å². The molecule has 29 heavy (non-hydrogen) atoms. The molecule has 0 aromatic carbocycles. The van der Waals surface area contributed by atoms with Gasteiger partial charge in [0.25, 0.3) is 0 Å². The monoisotopic (exact) mass is 432 g/mol. The van der Waals surface area contributed by atoms with E-state index in [0.29, 0.717) is 5.11 Å².